The molecule has 30 heavy (non-hydrogen) atoms. The SMILES string of the molecule is COC(=O)c1cn(C(=O)C2CCN(Cc3ccc(Cl)cc3Cl)CC2)c2ccccc12. The van der Waals surface area contributed by atoms with E-state index in [0.717, 1.165) is 48.9 Å². The standard InChI is InChI=1S/C23H22Cl2N2O3/c1-30-23(29)19-14-27(21-5-3-2-4-18(19)21)22(28)15-8-10-26(11-9-15)13-16-6-7-17(24)12-20(16)25/h2-7,12,14-15H,8-11,13H2,1H3. The van der Waals surface area contributed by atoms with Crippen molar-refractivity contribution in [3.05, 3.63) is 69.8 Å². The molecular weight excluding hydrogens is 423 g/mol. The number of rotatable bonds is 4. The second kappa shape index (κ2) is 8.80. The monoisotopic (exact) mass is 444 g/mol. The quantitative estimate of drug-likeness (QED) is 0.513. The van der Waals surface area contributed by atoms with Crippen LogP contribution in [0.5, 0.6) is 0 Å². The van der Waals surface area contributed by atoms with Gasteiger partial charge in [0.25, 0.3) is 0 Å². The largest absolute Gasteiger partial charge is 0.465 e. The number of ether oxygens (including phenoxy) is 1. The molecule has 1 aliphatic rings. The van der Waals surface area contributed by atoms with Gasteiger partial charge in [0.05, 0.1) is 18.2 Å². The van der Waals surface area contributed by atoms with E-state index in [4.69, 9.17) is 27.9 Å². The zero-order chi connectivity index (χ0) is 21.3. The normalized spacial score (nSPS) is 15.4. The molecule has 4 rings (SSSR count). The number of likely N-dealkylation sites (tertiary alicyclic amines) is 1. The Hall–Kier alpha value is -2.34. The number of piperidine rings is 1. The van der Waals surface area contributed by atoms with Crippen molar-refractivity contribution in [2.45, 2.75) is 19.4 Å². The van der Waals surface area contributed by atoms with Crippen molar-refractivity contribution < 1.29 is 14.3 Å². The van der Waals surface area contributed by atoms with Crippen molar-refractivity contribution in [3.63, 3.8) is 0 Å². The van der Waals surface area contributed by atoms with Crippen molar-refractivity contribution in [2.24, 2.45) is 5.92 Å². The molecule has 1 saturated heterocycles. The predicted molar refractivity (Wildman–Crippen MR) is 118 cm³/mol. The molecule has 2 aromatic carbocycles. The highest BCUT2D eigenvalue weighted by Crippen LogP contribution is 2.28. The van der Waals surface area contributed by atoms with E-state index in [1.54, 1.807) is 16.8 Å². The van der Waals surface area contributed by atoms with Crippen LogP contribution in [0.4, 0.5) is 0 Å². The summed E-state index contributed by atoms with van der Waals surface area (Å²) >= 11 is 12.3. The maximum Gasteiger partial charge on any atom is 0.340 e. The van der Waals surface area contributed by atoms with Gasteiger partial charge in [-0.25, -0.2) is 4.79 Å². The molecule has 0 unspecified atom stereocenters. The van der Waals surface area contributed by atoms with Gasteiger partial charge >= 0.3 is 5.97 Å². The first-order valence-electron chi connectivity index (χ1n) is 9.87. The van der Waals surface area contributed by atoms with Crippen LogP contribution in [0.25, 0.3) is 10.9 Å². The summed E-state index contributed by atoms with van der Waals surface area (Å²) in [4.78, 5) is 27.7. The third kappa shape index (κ3) is 4.10. The van der Waals surface area contributed by atoms with Crippen LogP contribution in [-0.4, -0.2) is 41.5 Å². The first-order chi connectivity index (χ1) is 14.5. The van der Waals surface area contributed by atoms with E-state index in [9.17, 15) is 9.59 Å². The van der Waals surface area contributed by atoms with Gasteiger partial charge in [-0.05, 0) is 49.7 Å². The van der Waals surface area contributed by atoms with Crippen LogP contribution in [0.2, 0.25) is 10.0 Å². The fourth-order valence-electron chi connectivity index (χ4n) is 4.06. The van der Waals surface area contributed by atoms with Crippen molar-refractivity contribution in [2.75, 3.05) is 20.2 Å². The highest BCUT2D eigenvalue weighted by atomic mass is 35.5. The van der Waals surface area contributed by atoms with Crippen molar-refractivity contribution >= 4 is 46.0 Å². The lowest BCUT2D eigenvalue weighted by Crippen LogP contribution is -2.37. The van der Waals surface area contributed by atoms with E-state index >= 15 is 0 Å². The van der Waals surface area contributed by atoms with Crippen LogP contribution >= 0.6 is 23.2 Å². The Bertz CT molecular complexity index is 1100. The fraction of sp³-hybridized carbons (Fsp3) is 0.304. The van der Waals surface area contributed by atoms with Gasteiger partial charge in [-0.15, -0.1) is 0 Å². The zero-order valence-corrected chi connectivity index (χ0v) is 18.1. The summed E-state index contributed by atoms with van der Waals surface area (Å²) in [5.74, 6) is -0.513. The van der Waals surface area contributed by atoms with Gasteiger partial charge in [-0.2, -0.15) is 0 Å². The molecule has 0 atom stereocenters. The van der Waals surface area contributed by atoms with Crippen molar-refractivity contribution in [1.82, 2.24) is 9.47 Å². The Kier molecular flexibility index (Phi) is 6.14. The van der Waals surface area contributed by atoms with E-state index in [-0.39, 0.29) is 11.8 Å². The van der Waals surface area contributed by atoms with E-state index in [1.165, 1.54) is 7.11 Å². The summed E-state index contributed by atoms with van der Waals surface area (Å²) in [7, 11) is 1.35. The van der Waals surface area contributed by atoms with E-state index < -0.39 is 5.97 Å². The summed E-state index contributed by atoms with van der Waals surface area (Å²) in [6.45, 7) is 2.34. The maximum absolute atomic E-state index is 13.3. The molecule has 0 spiro atoms. The number of methoxy groups -OCH3 is 1. The molecule has 156 valence electrons. The molecule has 2 heterocycles. The molecule has 1 aliphatic heterocycles. The van der Waals surface area contributed by atoms with Gasteiger partial charge < -0.3 is 4.74 Å². The molecule has 1 aromatic heterocycles. The number of carbonyl (C=O) groups excluding carboxylic acids is 2. The Morgan fingerprint density at radius 3 is 2.53 bits per heavy atom. The van der Waals surface area contributed by atoms with Crippen molar-refractivity contribution in [3.8, 4) is 0 Å². The Morgan fingerprint density at radius 2 is 1.83 bits per heavy atom. The number of aromatic nitrogens is 1. The third-order valence-corrected chi connectivity index (χ3v) is 6.29. The van der Waals surface area contributed by atoms with Crippen LogP contribution in [0.3, 0.4) is 0 Å². The molecule has 0 radical (unpaired) electrons. The van der Waals surface area contributed by atoms with Crippen LogP contribution in [-0.2, 0) is 11.3 Å². The maximum atomic E-state index is 13.3. The Labute approximate surface area is 185 Å². The molecule has 0 aliphatic carbocycles. The number of esters is 1. The number of nitrogens with zero attached hydrogens (tertiary/aromatic N) is 2. The van der Waals surface area contributed by atoms with Gasteiger partial charge in [0.15, 0.2) is 0 Å². The molecule has 3 aromatic rings. The van der Waals surface area contributed by atoms with E-state index in [0.29, 0.717) is 15.6 Å². The molecule has 0 N–H and O–H groups in total. The molecule has 0 saturated carbocycles. The van der Waals surface area contributed by atoms with Crippen LogP contribution in [0.1, 0.15) is 33.6 Å². The van der Waals surface area contributed by atoms with Gasteiger partial charge in [0.1, 0.15) is 0 Å². The van der Waals surface area contributed by atoms with E-state index in [2.05, 4.69) is 4.90 Å². The fourth-order valence-corrected chi connectivity index (χ4v) is 4.53. The highest BCUT2D eigenvalue weighted by molar-refractivity contribution is 6.35. The molecule has 7 heteroatoms. The summed E-state index contributed by atoms with van der Waals surface area (Å²) in [5, 5.41) is 2.01. The average molecular weight is 445 g/mol. The number of para-hydroxylation sites is 1. The minimum absolute atomic E-state index is 0.0190. The number of hydrogen-bond donors (Lipinski definition) is 0. The minimum Gasteiger partial charge on any atom is -0.465 e. The first kappa shape index (κ1) is 20.9. The van der Waals surface area contributed by atoms with Crippen molar-refractivity contribution in [1.29, 1.82) is 0 Å². The molecule has 5 nitrogen and oxygen atoms in total. The lowest BCUT2D eigenvalue weighted by atomic mass is 9.95. The zero-order valence-electron chi connectivity index (χ0n) is 16.6. The molecule has 0 bridgehead atoms. The topological polar surface area (TPSA) is 51.5 Å². The number of halogens is 2. The number of carbonyl (C=O) groups is 2. The smallest absolute Gasteiger partial charge is 0.340 e. The Balaban J connectivity index is 1.48. The summed E-state index contributed by atoms with van der Waals surface area (Å²) in [6.07, 6.45) is 3.12. The molecular formula is C23H22Cl2N2O3. The predicted octanol–water partition coefficient (Wildman–Crippen LogP) is 5.29. The van der Waals surface area contributed by atoms with Gasteiger partial charge in [-0.1, -0.05) is 47.5 Å². The highest BCUT2D eigenvalue weighted by Gasteiger charge is 2.28. The molecule has 0 amide bonds. The van der Waals surface area contributed by atoms with Crippen LogP contribution < -0.4 is 0 Å². The van der Waals surface area contributed by atoms with E-state index in [1.807, 2.05) is 36.4 Å². The van der Waals surface area contributed by atoms with Crippen LogP contribution in [0, 0.1) is 5.92 Å². The summed E-state index contributed by atoms with van der Waals surface area (Å²) < 4.78 is 6.49. The number of hydrogen-bond acceptors (Lipinski definition) is 4. The summed E-state index contributed by atoms with van der Waals surface area (Å²) in [5.41, 5.74) is 2.18. The van der Waals surface area contributed by atoms with Crippen LogP contribution in [0.15, 0.2) is 48.7 Å². The number of fused-ring (bicyclic) bond motifs is 1. The second-order valence-electron chi connectivity index (χ2n) is 7.55. The summed E-state index contributed by atoms with van der Waals surface area (Å²) in [6, 6.07) is 13.0. The van der Waals surface area contributed by atoms with Gasteiger partial charge in [0, 0.05) is 34.1 Å². The van der Waals surface area contributed by atoms with Gasteiger partial charge in [0.2, 0.25) is 5.91 Å². The Morgan fingerprint density at radius 1 is 1.10 bits per heavy atom. The third-order valence-electron chi connectivity index (χ3n) is 5.70. The minimum atomic E-state index is -0.438. The molecule has 1 fully saturated rings. The lowest BCUT2D eigenvalue weighted by Gasteiger charge is -2.31. The number of benzene rings is 2. The van der Waals surface area contributed by atoms with Gasteiger partial charge in [-0.3, -0.25) is 14.3 Å². The lowest BCUT2D eigenvalue weighted by molar-refractivity contribution is 0.0603. The average Bonchev–Trinajstić information content (AvgIpc) is 3.15. The second-order valence-corrected chi connectivity index (χ2v) is 8.39. The first-order valence-corrected chi connectivity index (χ1v) is 10.6.